The lowest BCUT2D eigenvalue weighted by Crippen LogP contribution is -2.25. The Morgan fingerprint density at radius 1 is 1.29 bits per heavy atom. The van der Waals surface area contributed by atoms with E-state index in [-0.39, 0.29) is 11.7 Å². The maximum absolute atomic E-state index is 12.0. The zero-order valence-electron chi connectivity index (χ0n) is 9.46. The first-order chi connectivity index (χ1) is 8.16. The van der Waals surface area contributed by atoms with Gasteiger partial charge in [0.05, 0.1) is 12.5 Å². The van der Waals surface area contributed by atoms with Crippen molar-refractivity contribution in [1.29, 1.82) is 0 Å². The van der Waals surface area contributed by atoms with Crippen LogP contribution in [0.15, 0.2) is 47.3 Å². The normalized spacial score (nSPS) is 10.2. The van der Waals surface area contributed by atoms with Gasteiger partial charge in [0.2, 0.25) is 0 Å². The number of rotatable bonds is 3. The van der Waals surface area contributed by atoms with Gasteiger partial charge in [0, 0.05) is 24.7 Å². The van der Waals surface area contributed by atoms with Crippen molar-refractivity contribution in [2.24, 2.45) is 0 Å². The van der Waals surface area contributed by atoms with Gasteiger partial charge < -0.3 is 14.4 Å². The first-order valence-corrected chi connectivity index (χ1v) is 5.22. The lowest BCUT2D eigenvalue weighted by Gasteiger charge is -2.16. The molecule has 2 aromatic rings. The minimum Gasteiger partial charge on any atom is -0.508 e. The molecule has 1 heterocycles. The molecule has 88 valence electrons. The summed E-state index contributed by atoms with van der Waals surface area (Å²) in [5.41, 5.74) is 1.49. The van der Waals surface area contributed by atoms with Crippen molar-refractivity contribution in [2.45, 2.75) is 6.54 Å². The minimum absolute atomic E-state index is 0.0915. The van der Waals surface area contributed by atoms with Crippen molar-refractivity contribution in [2.75, 3.05) is 7.05 Å². The van der Waals surface area contributed by atoms with E-state index in [0.29, 0.717) is 12.1 Å². The number of nitrogens with zero attached hydrogens (tertiary/aromatic N) is 1. The molecule has 1 aromatic carbocycles. The molecule has 2 rings (SSSR count). The number of amides is 1. The molecule has 0 aliphatic rings. The molecule has 0 atom stereocenters. The van der Waals surface area contributed by atoms with Gasteiger partial charge in [-0.25, -0.2) is 0 Å². The molecule has 0 saturated carbocycles. The predicted molar refractivity (Wildman–Crippen MR) is 62.6 cm³/mol. The molecule has 1 amide bonds. The maximum Gasteiger partial charge on any atom is 0.253 e. The first kappa shape index (κ1) is 11.3. The van der Waals surface area contributed by atoms with Crippen LogP contribution in [0.4, 0.5) is 0 Å². The van der Waals surface area contributed by atoms with Crippen LogP contribution in [-0.4, -0.2) is 23.0 Å². The van der Waals surface area contributed by atoms with Crippen LogP contribution in [-0.2, 0) is 6.54 Å². The Morgan fingerprint density at radius 3 is 2.59 bits per heavy atom. The number of carbonyl (C=O) groups excluding carboxylic acids is 1. The number of hydrogen-bond donors (Lipinski definition) is 1. The van der Waals surface area contributed by atoms with Gasteiger partial charge in [0.25, 0.3) is 5.91 Å². The van der Waals surface area contributed by atoms with Gasteiger partial charge in [-0.1, -0.05) is 0 Å². The van der Waals surface area contributed by atoms with Gasteiger partial charge in [0.15, 0.2) is 0 Å². The van der Waals surface area contributed by atoms with E-state index < -0.39 is 0 Å². The summed E-state index contributed by atoms with van der Waals surface area (Å²) in [5.74, 6) is 0.0604. The van der Waals surface area contributed by atoms with Gasteiger partial charge in [-0.05, 0) is 30.3 Å². The number of phenolic OH excluding ortho intramolecular Hbond substituents is 1. The fraction of sp³-hybridized carbons (Fsp3) is 0.154. The van der Waals surface area contributed by atoms with Crippen molar-refractivity contribution in [3.63, 3.8) is 0 Å². The number of hydrogen-bond acceptors (Lipinski definition) is 3. The molecule has 0 aliphatic heterocycles. The second-order valence-corrected chi connectivity index (χ2v) is 3.84. The fourth-order valence-corrected chi connectivity index (χ4v) is 1.55. The molecule has 1 N–H and O–H groups in total. The summed E-state index contributed by atoms with van der Waals surface area (Å²) >= 11 is 0. The van der Waals surface area contributed by atoms with Crippen LogP contribution in [0.3, 0.4) is 0 Å². The molecule has 0 aliphatic carbocycles. The van der Waals surface area contributed by atoms with E-state index in [2.05, 4.69) is 0 Å². The van der Waals surface area contributed by atoms with Crippen LogP contribution in [0, 0.1) is 0 Å². The maximum atomic E-state index is 12.0. The number of benzene rings is 1. The molecule has 0 saturated heterocycles. The number of furan rings is 1. The Balaban J connectivity index is 2.07. The number of aromatic hydroxyl groups is 1. The third-order valence-corrected chi connectivity index (χ3v) is 2.46. The van der Waals surface area contributed by atoms with Crippen LogP contribution >= 0.6 is 0 Å². The highest BCUT2D eigenvalue weighted by Crippen LogP contribution is 2.12. The van der Waals surface area contributed by atoms with E-state index in [1.54, 1.807) is 36.6 Å². The standard InChI is InChI=1S/C13H13NO3/c1-14(8-10-6-7-17-9-10)13(16)11-2-4-12(15)5-3-11/h2-7,9,15H,8H2,1H3. The van der Waals surface area contributed by atoms with Gasteiger partial charge in [-0.15, -0.1) is 0 Å². The average molecular weight is 231 g/mol. The predicted octanol–water partition coefficient (Wildman–Crippen LogP) is 2.26. The highest BCUT2D eigenvalue weighted by molar-refractivity contribution is 5.94. The van der Waals surface area contributed by atoms with Crippen LogP contribution in [0.5, 0.6) is 5.75 Å². The molecular formula is C13H13NO3. The highest BCUT2D eigenvalue weighted by Gasteiger charge is 2.12. The summed E-state index contributed by atoms with van der Waals surface area (Å²) in [7, 11) is 1.72. The van der Waals surface area contributed by atoms with Crippen molar-refractivity contribution >= 4 is 5.91 Å². The molecule has 1 aromatic heterocycles. The Kier molecular flexibility index (Phi) is 3.14. The van der Waals surface area contributed by atoms with E-state index in [1.807, 2.05) is 6.07 Å². The van der Waals surface area contributed by atoms with Crippen molar-refractivity contribution < 1.29 is 14.3 Å². The van der Waals surface area contributed by atoms with Crippen molar-refractivity contribution in [1.82, 2.24) is 4.90 Å². The lowest BCUT2D eigenvalue weighted by atomic mass is 10.2. The second-order valence-electron chi connectivity index (χ2n) is 3.84. The molecule has 4 heteroatoms. The topological polar surface area (TPSA) is 53.7 Å². The van der Waals surface area contributed by atoms with E-state index in [9.17, 15) is 4.79 Å². The second kappa shape index (κ2) is 4.74. The highest BCUT2D eigenvalue weighted by atomic mass is 16.3. The third kappa shape index (κ3) is 2.66. The molecule has 0 bridgehead atoms. The zero-order chi connectivity index (χ0) is 12.3. The van der Waals surface area contributed by atoms with Gasteiger partial charge in [-0.2, -0.15) is 0 Å². The quantitative estimate of drug-likeness (QED) is 0.881. The van der Waals surface area contributed by atoms with Gasteiger partial charge in [-0.3, -0.25) is 4.79 Å². The SMILES string of the molecule is CN(Cc1ccoc1)C(=O)c1ccc(O)cc1. The summed E-state index contributed by atoms with van der Waals surface area (Å²) in [6.07, 6.45) is 3.19. The van der Waals surface area contributed by atoms with Crippen LogP contribution in [0.25, 0.3) is 0 Å². The van der Waals surface area contributed by atoms with Crippen molar-refractivity contribution in [3.8, 4) is 5.75 Å². The Labute approximate surface area is 99.1 Å². The lowest BCUT2D eigenvalue weighted by molar-refractivity contribution is 0.0785. The largest absolute Gasteiger partial charge is 0.508 e. The molecule has 0 spiro atoms. The van der Waals surface area contributed by atoms with Crippen LogP contribution in [0.2, 0.25) is 0 Å². The van der Waals surface area contributed by atoms with Gasteiger partial charge in [0.1, 0.15) is 5.75 Å². The summed E-state index contributed by atoms with van der Waals surface area (Å²) in [5, 5.41) is 9.15. The molecule has 0 unspecified atom stereocenters. The smallest absolute Gasteiger partial charge is 0.253 e. The first-order valence-electron chi connectivity index (χ1n) is 5.22. The van der Waals surface area contributed by atoms with Gasteiger partial charge >= 0.3 is 0 Å². The van der Waals surface area contributed by atoms with E-state index >= 15 is 0 Å². The Bertz CT molecular complexity index is 488. The van der Waals surface area contributed by atoms with Crippen molar-refractivity contribution in [3.05, 3.63) is 54.0 Å². The molecular weight excluding hydrogens is 218 g/mol. The summed E-state index contributed by atoms with van der Waals surface area (Å²) < 4.78 is 4.95. The van der Waals surface area contributed by atoms with E-state index in [0.717, 1.165) is 5.56 Å². The summed E-state index contributed by atoms with van der Waals surface area (Å²) in [6, 6.07) is 8.02. The molecule has 0 fully saturated rings. The summed E-state index contributed by atoms with van der Waals surface area (Å²) in [6.45, 7) is 0.496. The zero-order valence-corrected chi connectivity index (χ0v) is 9.46. The van der Waals surface area contributed by atoms with E-state index in [1.165, 1.54) is 12.1 Å². The number of carbonyl (C=O) groups is 1. The molecule has 17 heavy (non-hydrogen) atoms. The van der Waals surface area contributed by atoms with E-state index in [4.69, 9.17) is 9.52 Å². The summed E-state index contributed by atoms with van der Waals surface area (Å²) in [4.78, 5) is 13.6. The molecule has 0 radical (unpaired) electrons. The van der Waals surface area contributed by atoms with Crippen LogP contribution in [0.1, 0.15) is 15.9 Å². The molecule has 4 nitrogen and oxygen atoms in total. The third-order valence-electron chi connectivity index (χ3n) is 2.46. The Morgan fingerprint density at radius 2 is 2.00 bits per heavy atom. The monoisotopic (exact) mass is 231 g/mol. The fourth-order valence-electron chi connectivity index (χ4n) is 1.55. The number of phenols is 1. The van der Waals surface area contributed by atoms with Crippen LogP contribution < -0.4 is 0 Å². The average Bonchev–Trinajstić information content (AvgIpc) is 2.82. The minimum atomic E-state index is -0.0915. The Hall–Kier alpha value is -2.23.